The smallest absolute Gasteiger partial charge is 0.0655 e. The van der Waals surface area contributed by atoms with Crippen LogP contribution in [-0.4, -0.2) is 0 Å². The number of hydrogen-bond donors (Lipinski definition) is 0. The fourth-order valence-electron chi connectivity index (χ4n) is 1.51. The highest BCUT2D eigenvalue weighted by molar-refractivity contribution is 14.1. The molecule has 1 unspecified atom stereocenters. The van der Waals surface area contributed by atoms with E-state index in [9.17, 15) is 0 Å². The molecular weight excluding hydrogens is 398 g/mol. The summed E-state index contributed by atoms with van der Waals surface area (Å²) in [5.41, 5.74) is 2.45. The first kappa shape index (κ1) is 12.4. The first-order valence-electron chi connectivity index (χ1n) is 4.82. The van der Waals surface area contributed by atoms with Crippen molar-refractivity contribution in [2.24, 2.45) is 0 Å². The second-order valence-corrected chi connectivity index (χ2v) is 5.95. The largest absolute Gasteiger partial charge is 0.0843 e. The molecular formula is C13H9BrClI. The second-order valence-electron chi connectivity index (χ2n) is 3.44. The predicted octanol–water partition coefficient (Wildman–Crippen LogP) is 5.43. The zero-order valence-electron chi connectivity index (χ0n) is 8.33. The van der Waals surface area contributed by atoms with Gasteiger partial charge in [0.1, 0.15) is 0 Å². The Kier molecular flexibility index (Phi) is 4.27. The van der Waals surface area contributed by atoms with Gasteiger partial charge in [-0.25, -0.2) is 0 Å². The summed E-state index contributed by atoms with van der Waals surface area (Å²) < 4.78 is 1.22. The third-order valence-electron chi connectivity index (χ3n) is 2.32. The van der Waals surface area contributed by atoms with Gasteiger partial charge in [-0.3, -0.25) is 0 Å². The van der Waals surface area contributed by atoms with E-state index in [0.29, 0.717) is 0 Å². The first-order chi connectivity index (χ1) is 7.68. The Labute approximate surface area is 122 Å². The van der Waals surface area contributed by atoms with Crippen LogP contribution in [0, 0.1) is 3.57 Å². The lowest BCUT2D eigenvalue weighted by Crippen LogP contribution is -1.95. The normalized spacial score (nSPS) is 12.4. The van der Waals surface area contributed by atoms with Gasteiger partial charge in [-0.05, 0) is 51.9 Å². The average molecular weight is 407 g/mol. The molecule has 0 bridgehead atoms. The Morgan fingerprint density at radius 3 is 2.44 bits per heavy atom. The molecule has 0 saturated carbocycles. The van der Waals surface area contributed by atoms with Crippen LogP contribution in [0.5, 0.6) is 0 Å². The van der Waals surface area contributed by atoms with E-state index in [1.54, 1.807) is 0 Å². The molecule has 0 saturated heterocycles. The van der Waals surface area contributed by atoms with Gasteiger partial charge < -0.3 is 0 Å². The van der Waals surface area contributed by atoms with Gasteiger partial charge in [0, 0.05) is 8.59 Å². The van der Waals surface area contributed by atoms with Crippen LogP contribution in [0.15, 0.2) is 48.5 Å². The molecule has 0 aliphatic heterocycles. The van der Waals surface area contributed by atoms with E-state index in [-0.39, 0.29) is 4.83 Å². The molecule has 0 nitrogen and oxygen atoms in total. The van der Waals surface area contributed by atoms with Gasteiger partial charge >= 0.3 is 0 Å². The SMILES string of the molecule is Clc1ccc(I)c(C(Br)c2ccccc2)c1. The summed E-state index contributed by atoms with van der Waals surface area (Å²) >= 11 is 12.1. The standard InChI is InChI=1S/C13H9BrClI/c14-13(9-4-2-1-3-5-9)11-8-10(15)6-7-12(11)16/h1-8,13H. The average Bonchev–Trinajstić information content (AvgIpc) is 2.32. The molecule has 0 amide bonds. The van der Waals surface area contributed by atoms with Gasteiger partial charge in [-0.15, -0.1) is 0 Å². The molecule has 0 aromatic heterocycles. The van der Waals surface area contributed by atoms with Crippen LogP contribution in [0.1, 0.15) is 16.0 Å². The maximum Gasteiger partial charge on any atom is 0.0655 e. The molecule has 0 spiro atoms. The van der Waals surface area contributed by atoms with Crippen LogP contribution in [0.3, 0.4) is 0 Å². The maximum atomic E-state index is 6.02. The van der Waals surface area contributed by atoms with Crippen molar-refractivity contribution in [2.45, 2.75) is 4.83 Å². The van der Waals surface area contributed by atoms with E-state index in [1.807, 2.05) is 36.4 Å². The summed E-state index contributed by atoms with van der Waals surface area (Å²) in [4.78, 5) is 0.194. The van der Waals surface area contributed by atoms with Crippen molar-refractivity contribution >= 4 is 50.1 Å². The van der Waals surface area contributed by atoms with Gasteiger partial charge in [0.25, 0.3) is 0 Å². The topological polar surface area (TPSA) is 0 Å². The Balaban J connectivity index is 2.41. The second kappa shape index (κ2) is 5.52. The summed E-state index contributed by atoms with van der Waals surface area (Å²) in [7, 11) is 0. The van der Waals surface area contributed by atoms with Crippen LogP contribution < -0.4 is 0 Å². The van der Waals surface area contributed by atoms with Gasteiger partial charge in [-0.2, -0.15) is 0 Å². The minimum atomic E-state index is 0.194. The van der Waals surface area contributed by atoms with E-state index < -0.39 is 0 Å². The van der Waals surface area contributed by atoms with Gasteiger partial charge in [0.15, 0.2) is 0 Å². The summed E-state index contributed by atoms with van der Waals surface area (Å²) in [6, 6.07) is 16.3. The van der Waals surface area contributed by atoms with Crippen molar-refractivity contribution in [1.82, 2.24) is 0 Å². The zero-order valence-corrected chi connectivity index (χ0v) is 12.8. The monoisotopic (exact) mass is 406 g/mol. The van der Waals surface area contributed by atoms with Crippen LogP contribution in [-0.2, 0) is 0 Å². The summed E-state index contributed by atoms with van der Waals surface area (Å²) in [6.07, 6.45) is 0. The molecule has 0 heterocycles. The number of rotatable bonds is 2. The molecule has 0 aliphatic rings. The molecule has 82 valence electrons. The lowest BCUT2D eigenvalue weighted by Gasteiger charge is -2.13. The number of hydrogen-bond acceptors (Lipinski definition) is 0. The van der Waals surface area contributed by atoms with Crippen molar-refractivity contribution in [3.05, 3.63) is 68.3 Å². The lowest BCUT2D eigenvalue weighted by atomic mass is 10.1. The fourth-order valence-corrected chi connectivity index (χ4v) is 3.45. The van der Waals surface area contributed by atoms with Crippen molar-refractivity contribution in [1.29, 1.82) is 0 Å². The number of halogens is 3. The Bertz CT molecular complexity index is 485. The van der Waals surface area contributed by atoms with E-state index >= 15 is 0 Å². The highest BCUT2D eigenvalue weighted by atomic mass is 127. The van der Waals surface area contributed by atoms with Crippen LogP contribution >= 0.6 is 50.1 Å². The Hall–Kier alpha value is -0.0600. The third-order valence-corrected chi connectivity index (χ3v) is 4.56. The molecule has 0 radical (unpaired) electrons. The Morgan fingerprint density at radius 1 is 1.06 bits per heavy atom. The minimum absolute atomic E-state index is 0.194. The molecule has 0 fully saturated rings. The van der Waals surface area contributed by atoms with Crippen LogP contribution in [0.4, 0.5) is 0 Å². The van der Waals surface area contributed by atoms with Gasteiger partial charge in [0.2, 0.25) is 0 Å². The maximum absolute atomic E-state index is 6.02. The van der Waals surface area contributed by atoms with E-state index in [4.69, 9.17) is 11.6 Å². The van der Waals surface area contributed by atoms with Crippen molar-refractivity contribution in [2.75, 3.05) is 0 Å². The van der Waals surface area contributed by atoms with Crippen molar-refractivity contribution in [3.8, 4) is 0 Å². The predicted molar refractivity (Wildman–Crippen MR) is 81.4 cm³/mol. The molecule has 3 heteroatoms. The fraction of sp³-hybridized carbons (Fsp3) is 0.0769. The number of benzene rings is 2. The van der Waals surface area contributed by atoms with Crippen molar-refractivity contribution < 1.29 is 0 Å². The highest BCUT2D eigenvalue weighted by Gasteiger charge is 2.13. The van der Waals surface area contributed by atoms with Crippen molar-refractivity contribution in [3.63, 3.8) is 0 Å². The molecule has 0 aliphatic carbocycles. The lowest BCUT2D eigenvalue weighted by molar-refractivity contribution is 1.16. The Morgan fingerprint density at radius 2 is 1.75 bits per heavy atom. The third kappa shape index (κ3) is 2.79. The number of alkyl halides is 1. The van der Waals surface area contributed by atoms with Gasteiger partial charge in [-0.1, -0.05) is 57.9 Å². The molecule has 0 N–H and O–H groups in total. The molecule has 16 heavy (non-hydrogen) atoms. The highest BCUT2D eigenvalue weighted by Crippen LogP contribution is 2.34. The minimum Gasteiger partial charge on any atom is -0.0843 e. The van der Waals surface area contributed by atoms with Crippen LogP contribution in [0.25, 0.3) is 0 Å². The van der Waals surface area contributed by atoms with Gasteiger partial charge in [0.05, 0.1) is 4.83 Å². The summed E-state index contributed by atoms with van der Waals surface area (Å²) in [5, 5.41) is 0.774. The molecule has 2 rings (SSSR count). The zero-order chi connectivity index (χ0) is 11.5. The summed E-state index contributed by atoms with van der Waals surface area (Å²) in [5.74, 6) is 0. The van der Waals surface area contributed by atoms with E-state index in [2.05, 4.69) is 50.7 Å². The molecule has 1 atom stereocenters. The molecule has 2 aromatic carbocycles. The molecule has 2 aromatic rings. The van der Waals surface area contributed by atoms with E-state index in [1.165, 1.54) is 14.7 Å². The first-order valence-corrected chi connectivity index (χ1v) is 7.19. The summed E-state index contributed by atoms with van der Waals surface area (Å²) in [6.45, 7) is 0. The quantitative estimate of drug-likeness (QED) is 0.460. The van der Waals surface area contributed by atoms with E-state index in [0.717, 1.165) is 5.02 Å². The van der Waals surface area contributed by atoms with Crippen LogP contribution in [0.2, 0.25) is 5.02 Å².